The standard InChI is InChI=1S/C48H53N13O6/c1-59-42(56-57-45(59)40-21-22-49-31-52-40)28-50-34-13-8-12-33(26-34)46(64)51-27-32-11-7-15-36(25-32)67-24-6-4-2-3-5-23-60-29-35(55-58-60)14-9-18-43(62)53-39-17-10-16-37-38(39)30-61(48(37)66)41-19-20-44(63)54-47(41)65/h7-8,10-13,15-17,21-22,25-26,29,31,41,50H,2-6,9,14,18-20,23-24,27-28,30H2,1H3,(H,51,64)(H,53,62)(H,54,63,65). The van der Waals surface area contributed by atoms with E-state index in [9.17, 15) is 24.0 Å². The second-order valence-corrected chi connectivity index (χ2v) is 16.6. The van der Waals surface area contributed by atoms with Crippen molar-refractivity contribution in [2.75, 3.05) is 17.2 Å². The molecule has 67 heavy (non-hydrogen) atoms. The molecule has 0 saturated carbocycles. The summed E-state index contributed by atoms with van der Waals surface area (Å²) in [6, 6.07) is 21.3. The zero-order valence-corrected chi connectivity index (χ0v) is 37.3. The van der Waals surface area contributed by atoms with Gasteiger partial charge in [-0.1, -0.05) is 48.7 Å². The summed E-state index contributed by atoms with van der Waals surface area (Å²) in [5, 5.41) is 28.7. The van der Waals surface area contributed by atoms with Crippen LogP contribution >= 0.6 is 0 Å². The van der Waals surface area contributed by atoms with Crippen LogP contribution in [0, 0.1) is 0 Å². The second-order valence-electron chi connectivity index (χ2n) is 16.6. The van der Waals surface area contributed by atoms with Crippen molar-refractivity contribution in [1.82, 2.24) is 55.3 Å². The van der Waals surface area contributed by atoms with Crippen LogP contribution in [0.5, 0.6) is 5.75 Å². The third-order valence-electron chi connectivity index (χ3n) is 11.8. The molecule has 3 aromatic heterocycles. The number of rotatable bonds is 22. The number of ether oxygens (including phenoxy) is 1. The van der Waals surface area contributed by atoms with Crippen LogP contribution in [0.25, 0.3) is 11.5 Å². The number of aromatic nitrogens is 8. The molecule has 5 heterocycles. The van der Waals surface area contributed by atoms with Gasteiger partial charge in [0.2, 0.25) is 17.7 Å². The first-order valence-electron chi connectivity index (χ1n) is 22.6. The van der Waals surface area contributed by atoms with E-state index < -0.39 is 11.9 Å². The maximum Gasteiger partial charge on any atom is 0.255 e. The van der Waals surface area contributed by atoms with Crippen molar-refractivity contribution < 1.29 is 28.7 Å². The van der Waals surface area contributed by atoms with Gasteiger partial charge in [0.25, 0.3) is 11.8 Å². The van der Waals surface area contributed by atoms with Crippen LogP contribution in [0.2, 0.25) is 0 Å². The van der Waals surface area contributed by atoms with Gasteiger partial charge in [-0.3, -0.25) is 34.0 Å². The molecule has 8 rings (SSSR count). The fraction of sp³-hybridized carbons (Fsp3) is 0.354. The number of unbranched alkanes of at least 4 members (excludes halogenated alkanes) is 4. The van der Waals surface area contributed by atoms with Crippen molar-refractivity contribution in [3.05, 3.63) is 125 Å². The summed E-state index contributed by atoms with van der Waals surface area (Å²) in [6.45, 7) is 2.33. The highest BCUT2D eigenvalue weighted by molar-refractivity contribution is 6.06. The molecule has 5 amide bonds. The highest BCUT2D eigenvalue weighted by Crippen LogP contribution is 2.32. The van der Waals surface area contributed by atoms with Crippen LogP contribution in [0.3, 0.4) is 0 Å². The maximum absolute atomic E-state index is 13.1. The molecule has 0 bridgehead atoms. The molecule has 19 heteroatoms. The van der Waals surface area contributed by atoms with Gasteiger partial charge in [-0.15, -0.1) is 15.3 Å². The van der Waals surface area contributed by atoms with E-state index in [0.29, 0.717) is 66.4 Å². The van der Waals surface area contributed by atoms with Crippen molar-refractivity contribution in [3.63, 3.8) is 0 Å². The fourth-order valence-electron chi connectivity index (χ4n) is 8.15. The average molecular weight is 908 g/mol. The lowest BCUT2D eigenvalue weighted by Gasteiger charge is -2.29. The molecule has 1 atom stereocenters. The van der Waals surface area contributed by atoms with Crippen LogP contribution < -0.4 is 26.0 Å². The normalized spacial score (nSPS) is 14.4. The van der Waals surface area contributed by atoms with Gasteiger partial charge in [-0.05, 0) is 86.2 Å². The summed E-state index contributed by atoms with van der Waals surface area (Å²) >= 11 is 0. The number of hydrogen-bond donors (Lipinski definition) is 4. The molecule has 0 radical (unpaired) electrons. The number of anilines is 2. The molecule has 1 unspecified atom stereocenters. The topological polar surface area (TPSA) is 233 Å². The van der Waals surface area contributed by atoms with E-state index in [1.165, 1.54) is 11.2 Å². The van der Waals surface area contributed by atoms with E-state index in [1.807, 2.05) is 65.0 Å². The number of hydrogen-bond acceptors (Lipinski definition) is 13. The summed E-state index contributed by atoms with van der Waals surface area (Å²) in [4.78, 5) is 72.8. The predicted molar refractivity (Wildman–Crippen MR) is 246 cm³/mol. The molecule has 0 aliphatic carbocycles. The van der Waals surface area contributed by atoms with Crippen LogP contribution in [0.4, 0.5) is 11.4 Å². The van der Waals surface area contributed by atoms with Gasteiger partial charge in [0.1, 0.15) is 23.8 Å². The van der Waals surface area contributed by atoms with Gasteiger partial charge < -0.3 is 30.2 Å². The molecule has 2 aliphatic heterocycles. The SMILES string of the molecule is Cn1c(CNc2cccc(C(=O)NCc3cccc(OCCCCCCCn4cc(CCCC(=O)Nc5cccc6c5CN(C5CCC(=O)NC5=O)C6=O)nn4)c3)c2)nnc1-c1ccncn1. The average Bonchev–Trinajstić information content (AvgIpc) is 4.05. The summed E-state index contributed by atoms with van der Waals surface area (Å²) in [7, 11) is 1.88. The third kappa shape index (κ3) is 11.9. The maximum atomic E-state index is 13.1. The van der Waals surface area contributed by atoms with Crippen LogP contribution in [0.1, 0.15) is 101 Å². The van der Waals surface area contributed by atoms with E-state index in [2.05, 4.69) is 51.7 Å². The molecule has 3 aromatic carbocycles. The molecule has 4 N–H and O–H groups in total. The zero-order chi connectivity index (χ0) is 46.5. The molecule has 1 fully saturated rings. The summed E-state index contributed by atoms with van der Waals surface area (Å²) < 4.78 is 9.76. The summed E-state index contributed by atoms with van der Waals surface area (Å²) in [6.07, 6.45) is 12.0. The molecule has 6 aromatic rings. The molecular formula is C48H53N13O6. The Morgan fingerprint density at radius 3 is 2.61 bits per heavy atom. The molecule has 1 saturated heterocycles. The number of piperidine rings is 1. The Bertz CT molecular complexity index is 2720. The number of nitrogens with one attached hydrogen (secondary N) is 4. The Morgan fingerprint density at radius 2 is 1.75 bits per heavy atom. The molecule has 0 spiro atoms. The number of benzene rings is 3. The van der Waals surface area contributed by atoms with Crippen molar-refractivity contribution >= 4 is 40.9 Å². The Balaban J connectivity index is 0.674. The first kappa shape index (κ1) is 45.7. The van der Waals surface area contributed by atoms with Gasteiger partial charge in [0.05, 0.1) is 18.8 Å². The van der Waals surface area contributed by atoms with Crippen molar-refractivity contribution in [3.8, 4) is 17.3 Å². The fourth-order valence-corrected chi connectivity index (χ4v) is 8.15. The second kappa shape index (κ2) is 21.9. The molecule has 19 nitrogen and oxygen atoms in total. The minimum atomic E-state index is -0.717. The minimum Gasteiger partial charge on any atom is -0.494 e. The van der Waals surface area contributed by atoms with Crippen LogP contribution in [-0.4, -0.2) is 86.8 Å². The lowest BCUT2D eigenvalue weighted by molar-refractivity contribution is -0.137. The van der Waals surface area contributed by atoms with E-state index in [-0.39, 0.29) is 49.4 Å². The number of carbonyl (C=O) groups is 5. The van der Waals surface area contributed by atoms with Crippen molar-refractivity contribution in [2.45, 2.75) is 96.4 Å². The highest BCUT2D eigenvalue weighted by atomic mass is 16.5. The number of amides is 5. The lowest BCUT2D eigenvalue weighted by Crippen LogP contribution is -2.52. The van der Waals surface area contributed by atoms with E-state index in [4.69, 9.17) is 4.74 Å². The monoisotopic (exact) mass is 907 g/mol. The number of carbonyl (C=O) groups excluding carboxylic acids is 5. The van der Waals surface area contributed by atoms with Crippen molar-refractivity contribution in [2.24, 2.45) is 7.05 Å². The first-order chi connectivity index (χ1) is 32.7. The summed E-state index contributed by atoms with van der Waals surface area (Å²) in [5.74, 6) is 0.683. The molecule has 346 valence electrons. The molecular weight excluding hydrogens is 855 g/mol. The number of nitrogens with zero attached hydrogens (tertiary/aromatic N) is 9. The third-order valence-corrected chi connectivity index (χ3v) is 11.8. The zero-order valence-electron chi connectivity index (χ0n) is 37.3. The van der Waals surface area contributed by atoms with Gasteiger partial charge in [0.15, 0.2) is 11.6 Å². The Hall–Kier alpha value is -7.83. The first-order valence-corrected chi connectivity index (χ1v) is 22.6. The van der Waals surface area contributed by atoms with E-state index in [1.54, 1.807) is 36.5 Å². The number of fused-ring (bicyclic) bond motifs is 1. The van der Waals surface area contributed by atoms with Crippen LogP contribution in [-0.2, 0) is 54.0 Å². The van der Waals surface area contributed by atoms with Gasteiger partial charge in [0, 0.05) is 80.0 Å². The smallest absolute Gasteiger partial charge is 0.255 e. The Labute approximate surface area is 387 Å². The van der Waals surface area contributed by atoms with Crippen molar-refractivity contribution in [1.29, 1.82) is 0 Å². The number of aryl methyl sites for hydroxylation is 2. The Kier molecular flexibility index (Phi) is 14.9. The lowest BCUT2D eigenvalue weighted by atomic mass is 10.0. The van der Waals surface area contributed by atoms with Gasteiger partial charge in [-0.2, -0.15) is 0 Å². The van der Waals surface area contributed by atoms with E-state index in [0.717, 1.165) is 67.2 Å². The van der Waals surface area contributed by atoms with Gasteiger partial charge in [-0.25, -0.2) is 9.97 Å². The minimum absolute atomic E-state index is 0.174. The molecule has 2 aliphatic rings. The highest BCUT2D eigenvalue weighted by Gasteiger charge is 2.40. The van der Waals surface area contributed by atoms with E-state index >= 15 is 0 Å². The predicted octanol–water partition coefficient (Wildman–Crippen LogP) is 5.16. The Morgan fingerprint density at radius 1 is 0.896 bits per heavy atom. The van der Waals surface area contributed by atoms with Crippen LogP contribution in [0.15, 0.2) is 91.5 Å². The quantitative estimate of drug-likeness (QED) is 0.0510. The largest absolute Gasteiger partial charge is 0.494 e. The number of imide groups is 1. The summed E-state index contributed by atoms with van der Waals surface area (Å²) in [5.41, 5.74) is 5.45. The van der Waals surface area contributed by atoms with Gasteiger partial charge >= 0.3 is 0 Å².